The van der Waals surface area contributed by atoms with Crippen LogP contribution in [0.15, 0.2) is 47.4 Å². The lowest BCUT2D eigenvalue weighted by Crippen LogP contribution is -2.12. The van der Waals surface area contributed by atoms with E-state index in [4.69, 9.17) is 23.2 Å². The van der Waals surface area contributed by atoms with Crippen LogP contribution < -0.4 is 5.32 Å². The molecule has 0 aliphatic carbocycles. The second-order valence-corrected chi connectivity index (χ2v) is 6.27. The third kappa shape index (κ3) is 4.42. The maximum atomic E-state index is 6.30. The Balaban J connectivity index is 2.08. The molecule has 0 fully saturated rings. The van der Waals surface area contributed by atoms with Crippen LogP contribution in [0.25, 0.3) is 0 Å². The van der Waals surface area contributed by atoms with Crippen molar-refractivity contribution >= 4 is 35.0 Å². The van der Waals surface area contributed by atoms with Crippen molar-refractivity contribution in [1.29, 1.82) is 0 Å². The summed E-state index contributed by atoms with van der Waals surface area (Å²) < 4.78 is 0. The van der Waals surface area contributed by atoms with Crippen LogP contribution in [0.5, 0.6) is 0 Å². The molecule has 0 bridgehead atoms. The molecule has 0 amide bonds. The molecule has 0 atom stereocenters. The molecule has 2 rings (SSSR count). The van der Waals surface area contributed by atoms with Gasteiger partial charge in [-0.1, -0.05) is 48.3 Å². The second-order valence-electron chi connectivity index (χ2n) is 4.41. The smallest absolute Gasteiger partial charge is 0.0462 e. The predicted molar refractivity (Wildman–Crippen MR) is 89.8 cm³/mol. The summed E-state index contributed by atoms with van der Waals surface area (Å²) in [7, 11) is 0. The van der Waals surface area contributed by atoms with Gasteiger partial charge >= 0.3 is 0 Å². The van der Waals surface area contributed by atoms with Crippen molar-refractivity contribution < 1.29 is 0 Å². The van der Waals surface area contributed by atoms with E-state index in [9.17, 15) is 0 Å². The summed E-state index contributed by atoms with van der Waals surface area (Å²) >= 11 is 14.0. The minimum Gasteiger partial charge on any atom is -0.313 e. The van der Waals surface area contributed by atoms with E-state index in [2.05, 4.69) is 30.4 Å². The van der Waals surface area contributed by atoms with Crippen LogP contribution in [0.1, 0.15) is 18.1 Å². The van der Waals surface area contributed by atoms with Crippen molar-refractivity contribution in [3.8, 4) is 0 Å². The number of nitrogens with one attached hydrogen (secondary N) is 1. The van der Waals surface area contributed by atoms with Crippen LogP contribution >= 0.6 is 35.0 Å². The highest BCUT2D eigenvalue weighted by molar-refractivity contribution is 7.98. The number of benzene rings is 2. The van der Waals surface area contributed by atoms with Crippen molar-refractivity contribution in [2.24, 2.45) is 0 Å². The average molecular weight is 326 g/mol. The van der Waals surface area contributed by atoms with Gasteiger partial charge in [-0.05, 0) is 41.9 Å². The first-order chi connectivity index (χ1) is 9.70. The zero-order chi connectivity index (χ0) is 14.4. The van der Waals surface area contributed by atoms with Crippen LogP contribution in [-0.2, 0) is 12.3 Å². The van der Waals surface area contributed by atoms with Gasteiger partial charge in [0.1, 0.15) is 0 Å². The molecule has 0 heterocycles. The Morgan fingerprint density at radius 3 is 2.50 bits per heavy atom. The summed E-state index contributed by atoms with van der Waals surface area (Å²) in [4.78, 5) is 1.23. The van der Waals surface area contributed by atoms with Gasteiger partial charge in [-0.2, -0.15) is 0 Å². The maximum absolute atomic E-state index is 6.30. The summed E-state index contributed by atoms with van der Waals surface area (Å²) in [6, 6.07) is 14.0. The molecule has 0 unspecified atom stereocenters. The number of hydrogen-bond donors (Lipinski definition) is 1. The van der Waals surface area contributed by atoms with E-state index in [1.165, 1.54) is 16.0 Å². The summed E-state index contributed by atoms with van der Waals surface area (Å²) in [5.74, 6) is 0.913. The van der Waals surface area contributed by atoms with E-state index in [-0.39, 0.29) is 0 Å². The molecule has 0 aromatic heterocycles. The highest BCUT2D eigenvalue weighted by atomic mass is 35.5. The molecule has 2 aromatic carbocycles. The fourth-order valence-electron chi connectivity index (χ4n) is 1.84. The summed E-state index contributed by atoms with van der Waals surface area (Å²) in [5, 5.41) is 4.93. The first-order valence-electron chi connectivity index (χ1n) is 6.56. The Morgan fingerprint density at radius 2 is 1.80 bits per heavy atom. The van der Waals surface area contributed by atoms with E-state index in [0.29, 0.717) is 0 Å². The van der Waals surface area contributed by atoms with Gasteiger partial charge in [-0.15, -0.1) is 11.8 Å². The van der Waals surface area contributed by atoms with Crippen molar-refractivity contribution in [3.05, 3.63) is 63.6 Å². The SMILES string of the molecule is CCNCc1c(Cl)cccc1SCc1ccc(Cl)cc1. The van der Waals surface area contributed by atoms with Gasteiger partial charge in [0.15, 0.2) is 0 Å². The Bertz CT molecular complexity index is 555. The highest BCUT2D eigenvalue weighted by Crippen LogP contribution is 2.31. The summed E-state index contributed by atoms with van der Waals surface area (Å²) in [5.41, 5.74) is 2.43. The predicted octanol–water partition coefficient (Wildman–Crippen LogP) is 5.40. The standard InChI is InChI=1S/C16H17Cl2NS/c1-2-19-10-14-15(18)4-3-5-16(14)20-11-12-6-8-13(17)9-7-12/h3-9,19H,2,10-11H2,1H3. The molecule has 1 nitrogen and oxygen atoms in total. The lowest BCUT2D eigenvalue weighted by atomic mass is 10.2. The second kappa shape index (κ2) is 7.94. The topological polar surface area (TPSA) is 12.0 Å². The van der Waals surface area contributed by atoms with Crippen molar-refractivity contribution in [1.82, 2.24) is 5.32 Å². The summed E-state index contributed by atoms with van der Waals surface area (Å²) in [6.45, 7) is 3.84. The fourth-order valence-corrected chi connectivity index (χ4v) is 3.31. The molecule has 4 heteroatoms. The van der Waals surface area contributed by atoms with Gasteiger partial charge in [0.2, 0.25) is 0 Å². The molecule has 0 aliphatic rings. The molecule has 0 saturated carbocycles. The molecule has 2 aromatic rings. The molecule has 0 aliphatic heterocycles. The first-order valence-corrected chi connectivity index (χ1v) is 8.30. The van der Waals surface area contributed by atoms with Gasteiger partial charge in [0.05, 0.1) is 0 Å². The lowest BCUT2D eigenvalue weighted by molar-refractivity contribution is 0.718. The molecular weight excluding hydrogens is 309 g/mol. The zero-order valence-corrected chi connectivity index (χ0v) is 13.7. The van der Waals surface area contributed by atoms with Crippen LogP contribution in [0, 0.1) is 0 Å². The number of hydrogen-bond acceptors (Lipinski definition) is 2. The summed E-state index contributed by atoms with van der Waals surface area (Å²) in [6.07, 6.45) is 0. The molecule has 0 radical (unpaired) electrons. The van der Waals surface area contributed by atoms with Crippen LogP contribution in [0.2, 0.25) is 10.0 Å². The van der Waals surface area contributed by atoms with Crippen molar-refractivity contribution in [2.75, 3.05) is 6.54 Å². The van der Waals surface area contributed by atoms with Gasteiger partial charge in [-0.25, -0.2) is 0 Å². The Labute approximate surface area is 134 Å². The van der Waals surface area contributed by atoms with E-state index in [1.807, 2.05) is 24.3 Å². The van der Waals surface area contributed by atoms with Crippen LogP contribution in [0.3, 0.4) is 0 Å². The van der Waals surface area contributed by atoms with E-state index in [1.54, 1.807) is 11.8 Å². The van der Waals surface area contributed by atoms with E-state index >= 15 is 0 Å². The number of halogens is 2. The maximum Gasteiger partial charge on any atom is 0.0462 e. The molecule has 20 heavy (non-hydrogen) atoms. The Morgan fingerprint density at radius 1 is 1.05 bits per heavy atom. The number of rotatable bonds is 6. The van der Waals surface area contributed by atoms with E-state index in [0.717, 1.165) is 28.9 Å². The highest BCUT2D eigenvalue weighted by Gasteiger charge is 2.07. The van der Waals surface area contributed by atoms with Gasteiger partial charge in [0, 0.05) is 27.2 Å². The van der Waals surface area contributed by atoms with Gasteiger partial charge in [0.25, 0.3) is 0 Å². The molecule has 0 spiro atoms. The first kappa shape index (κ1) is 15.7. The minimum absolute atomic E-state index is 0.773. The van der Waals surface area contributed by atoms with Gasteiger partial charge < -0.3 is 5.32 Å². The van der Waals surface area contributed by atoms with Crippen LogP contribution in [0.4, 0.5) is 0 Å². The third-order valence-electron chi connectivity index (χ3n) is 2.94. The molecule has 1 N–H and O–H groups in total. The van der Waals surface area contributed by atoms with Crippen LogP contribution in [-0.4, -0.2) is 6.54 Å². The zero-order valence-electron chi connectivity index (χ0n) is 11.3. The number of thioether (sulfide) groups is 1. The lowest BCUT2D eigenvalue weighted by Gasteiger charge is -2.11. The molecular formula is C16H17Cl2NS. The Hall–Kier alpha value is -0.670. The largest absolute Gasteiger partial charge is 0.313 e. The normalized spacial score (nSPS) is 10.8. The van der Waals surface area contributed by atoms with E-state index < -0.39 is 0 Å². The monoisotopic (exact) mass is 325 g/mol. The quantitative estimate of drug-likeness (QED) is 0.714. The average Bonchev–Trinajstić information content (AvgIpc) is 2.46. The van der Waals surface area contributed by atoms with Crippen molar-refractivity contribution in [3.63, 3.8) is 0 Å². The Kier molecular flexibility index (Phi) is 6.24. The molecule has 106 valence electrons. The molecule has 0 saturated heterocycles. The minimum atomic E-state index is 0.773. The van der Waals surface area contributed by atoms with Gasteiger partial charge in [-0.3, -0.25) is 0 Å². The van der Waals surface area contributed by atoms with Crippen molar-refractivity contribution in [2.45, 2.75) is 24.1 Å². The fraction of sp³-hybridized carbons (Fsp3) is 0.250. The third-order valence-corrected chi connectivity index (χ3v) is 4.71.